The molecule has 3 heteroatoms. The molecule has 1 rings (SSSR count). The summed E-state index contributed by atoms with van der Waals surface area (Å²) in [7, 11) is 0. The van der Waals surface area contributed by atoms with E-state index in [9.17, 15) is 4.79 Å². The van der Waals surface area contributed by atoms with Crippen molar-refractivity contribution in [3.8, 4) is 0 Å². The molecule has 1 aromatic rings. The maximum absolute atomic E-state index is 10.7. The molecule has 0 aliphatic carbocycles. The average Bonchev–Trinajstić information content (AvgIpc) is 2.15. The minimum Gasteiger partial charge on any atom is -0.441 e. The maximum Gasteiger partial charge on any atom is 0.405 e. The molecule has 2 N–H and O–H groups in total. The Bertz CT molecular complexity index is 295. The molecule has 0 spiro atoms. The summed E-state index contributed by atoms with van der Waals surface area (Å²) in [4.78, 5) is 10.7. The molecule has 0 fully saturated rings. The van der Waals surface area contributed by atoms with Crippen LogP contribution in [0.1, 0.15) is 25.5 Å². The number of hydrogen-bond donors (Lipinski definition) is 1. The largest absolute Gasteiger partial charge is 0.441 e. The van der Waals surface area contributed by atoms with Crippen molar-refractivity contribution < 1.29 is 9.53 Å². The topological polar surface area (TPSA) is 52.3 Å². The highest BCUT2D eigenvalue weighted by atomic mass is 16.6. The van der Waals surface area contributed by atoms with Gasteiger partial charge in [-0.15, -0.1) is 0 Å². The zero-order valence-electron chi connectivity index (χ0n) is 8.44. The Morgan fingerprint density at radius 3 is 2.29 bits per heavy atom. The van der Waals surface area contributed by atoms with E-state index < -0.39 is 6.09 Å². The number of nitrogens with two attached hydrogens (primary N) is 1. The van der Waals surface area contributed by atoms with Crippen LogP contribution in [-0.4, -0.2) is 6.09 Å². The highest BCUT2D eigenvalue weighted by molar-refractivity contribution is 5.65. The number of amides is 1. The van der Waals surface area contributed by atoms with Gasteiger partial charge in [0, 0.05) is 0 Å². The van der Waals surface area contributed by atoms with Crippen LogP contribution in [0.15, 0.2) is 30.3 Å². The van der Waals surface area contributed by atoms with Crippen LogP contribution in [0, 0.1) is 5.92 Å². The summed E-state index contributed by atoms with van der Waals surface area (Å²) in [6.45, 7) is 3.97. The minimum absolute atomic E-state index is 0.213. The summed E-state index contributed by atoms with van der Waals surface area (Å²) in [6, 6.07) is 9.59. The van der Waals surface area contributed by atoms with E-state index in [1.165, 1.54) is 0 Å². The van der Waals surface area contributed by atoms with Crippen molar-refractivity contribution in [3.05, 3.63) is 35.9 Å². The number of ether oxygens (including phenoxy) is 1. The summed E-state index contributed by atoms with van der Waals surface area (Å²) in [5.41, 5.74) is 5.98. The fraction of sp³-hybridized carbons (Fsp3) is 0.364. The number of benzene rings is 1. The van der Waals surface area contributed by atoms with Gasteiger partial charge in [0.05, 0.1) is 0 Å². The Labute approximate surface area is 83.9 Å². The Kier molecular flexibility index (Phi) is 3.51. The molecule has 0 saturated carbocycles. The standard InChI is InChI=1S/C11H15NO2/c1-8(2)10(14-11(12)13)9-6-4-3-5-7-9/h3-8,10H,1-2H3,(H2,12,13). The molecular formula is C11H15NO2. The molecular weight excluding hydrogens is 178 g/mol. The van der Waals surface area contributed by atoms with Gasteiger partial charge in [-0.05, 0) is 11.5 Å². The molecule has 0 saturated heterocycles. The van der Waals surface area contributed by atoms with E-state index >= 15 is 0 Å². The first kappa shape index (κ1) is 10.6. The first-order chi connectivity index (χ1) is 6.61. The molecule has 0 radical (unpaired) electrons. The summed E-state index contributed by atoms with van der Waals surface area (Å²) in [6.07, 6.45) is -0.985. The molecule has 76 valence electrons. The van der Waals surface area contributed by atoms with E-state index in [2.05, 4.69) is 0 Å². The van der Waals surface area contributed by atoms with Crippen molar-refractivity contribution in [1.29, 1.82) is 0 Å². The SMILES string of the molecule is CC(C)C(OC(N)=O)c1ccccc1. The van der Waals surface area contributed by atoms with Gasteiger partial charge < -0.3 is 10.5 Å². The molecule has 1 amide bonds. The molecule has 14 heavy (non-hydrogen) atoms. The van der Waals surface area contributed by atoms with Crippen molar-refractivity contribution in [3.63, 3.8) is 0 Å². The fourth-order valence-corrected chi connectivity index (χ4v) is 1.36. The lowest BCUT2D eigenvalue weighted by Gasteiger charge is -2.20. The van der Waals surface area contributed by atoms with E-state index in [-0.39, 0.29) is 12.0 Å². The van der Waals surface area contributed by atoms with Crippen LogP contribution < -0.4 is 5.73 Å². The highest BCUT2D eigenvalue weighted by Gasteiger charge is 2.18. The van der Waals surface area contributed by atoms with Crippen LogP contribution in [0.5, 0.6) is 0 Å². The van der Waals surface area contributed by atoms with Crippen LogP contribution >= 0.6 is 0 Å². The molecule has 0 bridgehead atoms. The molecule has 1 unspecified atom stereocenters. The number of primary amides is 1. The predicted octanol–water partition coefficient (Wildman–Crippen LogP) is 2.48. The van der Waals surface area contributed by atoms with Crippen LogP contribution in [0.4, 0.5) is 4.79 Å². The second-order valence-corrected chi connectivity index (χ2v) is 3.51. The third kappa shape index (κ3) is 2.76. The lowest BCUT2D eigenvalue weighted by molar-refractivity contribution is 0.0784. The molecule has 0 aliphatic heterocycles. The van der Waals surface area contributed by atoms with Gasteiger partial charge in [0.2, 0.25) is 0 Å². The molecule has 1 atom stereocenters. The van der Waals surface area contributed by atoms with Gasteiger partial charge in [-0.25, -0.2) is 4.79 Å². The van der Waals surface area contributed by atoms with Crippen molar-refractivity contribution in [2.24, 2.45) is 11.7 Å². The number of carbonyl (C=O) groups excluding carboxylic acids is 1. The summed E-state index contributed by atoms with van der Waals surface area (Å²) >= 11 is 0. The average molecular weight is 193 g/mol. The second kappa shape index (κ2) is 4.65. The first-order valence-electron chi connectivity index (χ1n) is 4.62. The smallest absolute Gasteiger partial charge is 0.405 e. The number of rotatable bonds is 3. The van der Waals surface area contributed by atoms with E-state index in [1.807, 2.05) is 44.2 Å². The zero-order valence-corrected chi connectivity index (χ0v) is 8.44. The van der Waals surface area contributed by atoms with Gasteiger partial charge in [-0.3, -0.25) is 0 Å². The first-order valence-corrected chi connectivity index (χ1v) is 4.62. The fourth-order valence-electron chi connectivity index (χ4n) is 1.36. The summed E-state index contributed by atoms with van der Waals surface area (Å²) in [5, 5.41) is 0. The van der Waals surface area contributed by atoms with Crippen molar-refractivity contribution in [1.82, 2.24) is 0 Å². The Morgan fingerprint density at radius 2 is 1.86 bits per heavy atom. The normalized spacial score (nSPS) is 12.5. The molecule has 0 aromatic heterocycles. The van der Waals surface area contributed by atoms with E-state index in [1.54, 1.807) is 0 Å². The van der Waals surface area contributed by atoms with Crippen LogP contribution in [0.2, 0.25) is 0 Å². The van der Waals surface area contributed by atoms with E-state index in [0.717, 1.165) is 5.56 Å². The zero-order chi connectivity index (χ0) is 10.6. The highest BCUT2D eigenvalue weighted by Crippen LogP contribution is 2.25. The lowest BCUT2D eigenvalue weighted by atomic mass is 9.99. The van der Waals surface area contributed by atoms with E-state index in [0.29, 0.717) is 0 Å². The number of carbonyl (C=O) groups is 1. The van der Waals surface area contributed by atoms with Gasteiger partial charge in [-0.1, -0.05) is 44.2 Å². The maximum atomic E-state index is 10.7. The molecule has 0 aliphatic rings. The molecule has 1 aromatic carbocycles. The van der Waals surface area contributed by atoms with Gasteiger partial charge in [0.1, 0.15) is 6.10 Å². The van der Waals surface area contributed by atoms with Gasteiger partial charge in [0.25, 0.3) is 0 Å². The number of hydrogen-bond acceptors (Lipinski definition) is 2. The van der Waals surface area contributed by atoms with Crippen molar-refractivity contribution >= 4 is 6.09 Å². The van der Waals surface area contributed by atoms with Gasteiger partial charge in [0.15, 0.2) is 0 Å². The lowest BCUT2D eigenvalue weighted by Crippen LogP contribution is -2.20. The van der Waals surface area contributed by atoms with Gasteiger partial charge >= 0.3 is 6.09 Å². The molecule has 3 nitrogen and oxygen atoms in total. The second-order valence-electron chi connectivity index (χ2n) is 3.51. The van der Waals surface area contributed by atoms with Crippen molar-refractivity contribution in [2.45, 2.75) is 20.0 Å². The Balaban J connectivity index is 2.83. The molecule has 0 heterocycles. The van der Waals surface area contributed by atoms with Crippen LogP contribution in [-0.2, 0) is 4.74 Å². The summed E-state index contributed by atoms with van der Waals surface area (Å²) < 4.78 is 5.04. The van der Waals surface area contributed by atoms with Gasteiger partial charge in [-0.2, -0.15) is 0 Å². The predicted molar refractivity (Wildman–Crippen MR) is 54.7 cm³/mol. The van der Waals surface area contributed by atoms with Crippen LogP contribution in [0.25, 0.3) is 0 Å². The monoisotopic (exact) mass is 193 g/mol. The van der Waals surface area contributed by atoms with Crippen LogP contribution in [0.3, 0.4) is 0 Å². The van der Waals surface area contributed by atoms with E-state index in [4.69, 9.17) is 10.5 Å². The third-order valence-corrected chi connectivity index (χ3v) is 1.98. The summed E-state index contributed by atoms with van der Waals surface area (Å²) in [5.74, 6) is 0.213. The third-order valence-electron chi connectivity index (χ3n) is 1.98. The minimum atomic E-state index is -0.729. The Morgan fingerprint density at radius 1 is 1.29 bits per heavy atom. The quantitative estimate of drug-likeness (QED) is 0.801. The van der Waals surface area contributed by atoms with Crippen molar-refractivity contribution in [2.75, 3.05) is 0 Å². The Hall–Kier alpha value is -1.51.